The van der Waals surface area contributed by atoms with Crippen LogP contribution in [0.15, 0.2) is 56.6 Å². The first kappa shape index (κ1) is 16.1. The third kappa shape index (κ3) is 3.61. The quantitative estimate of drug-likeness (QED) is 0.700. The highest BCUT2D eigenvalue weighted by Crippen LogP contribution is 2.32. The van der Waals surface area contributed by atoms with Gasteiger partial charge in [0.25, 0.3) is 5.91 Å². The number of nitrogens with zero attached hydrogens (tertiary/aromatic N) is 2. The summed E-state index contributed by atoms with van der Waals surface area (Å²) in [5.74, 6) is -0.124. The zero-order chi connectivity index (χ0) is 16.4. The van der Waals surface area contributed by atoms with Crippen molar-refractivity contribution in [3.8, 4) is 0 Å². The van der Waals surface area contributed by atoms with Gasteiger partial charge >= 0.3 is 0 Å². The van der Waals surface area contributed by atoms with Crippen LogP contribution < -0.4 is 0 Å². The zero-order valence-corrected chi connectivity index (χ0v) is 14.6. The van der Waals surface area contributed by atoms with Crippen LogP contribution in [0.3, 0.4) is 0 Å². The Hall–Kier alpha value is -1.75. The maximum atomic E-state index is 12.3. The van der Waals surface area contributed by atoms with Crippen LogP contribution in [0, 0.1) is 0 Å². The molecule has 1 aliphatic heterocycles. The van der Waals surface area contributed by atoms with E-state index in [1.807, 2.05) is 61.5 Å². The second kappa shape index (κ2) is 6.79. The molecule has 0 saturated heterocycles. The molecule has 2 aromatic rings. The van der Waals surface area contributed by atoms with Crippen molar-refractivity contribution in [3.63, 3.8) is 0 Å². The minimum absolute atomic E-state index is 0.124. The van der Waals surface area contributed by atoms with E-state index in [9.17, 15) is 4.79 Å². The lowest BCUT2D eigenvalue weighted by Gasteiger charge is -2.13. The largest absolute Gasteiger partial charge is 0.301 e. The van der Waals surface area contributed by atoms with Crippen LogP contribution in [0.2, 0.25) is 5.02 Å². The van der Waals surface area contributed by atoms with Gasteiger partial charge in [-0.2, -0.15) is 4.36 Å². The lowest BCUT2D eigenvalue weighted by molar-refractivity contribution is -0.118. The van der Waals surface area contributed by atoms with Gasteiger partial charge in [-0.05, 0) is 54.1 Å². The van der Waals surface area contributed by atoms with E-state index in [1.165, 1.54) is 0 Å². The van der Waals surface area contributed by atoms with Crippen molar-refractivity contribution in [3.05, 3.63) is 58.6 Å². The Morgan fingerprint density at radius 2 is 1.78 bits per heavy atom. The molecule has 3 nitrogen and oxygen atoms in total. The highest BCUT2D eigenvalue weighted by molar-refractivity contribution is 7.88. The summed E-state index contributed by atoms with van der Waals surface area (Å²) in [4.78, 5) is 16.2. The molecule has 5 heteroatoms. The Kier molecular flexibility index (Phi) is 4.76. The molecule has 2 aromatic carbocycles. The van der Waals surface area contributed by atoms with Crippen molar-refractivity contribution in [1.82, 2.24) is 4.90 Å². The fourth-order valence-corrected chi connectivity index (χ4v) is 4.50. The normalized spacial score (nSPS) is 16.1. The third-order valence-electron chi connectivity index (χ3n) is 3.40. The highest BCUT2D eigenvalue weighted by Gasteiger charge is 2.17. The van der Waals surface area contributed by atoms with E-state index in [0.717, 1.165) is 20.9 Å². The van der Waals surface area contributed by atoms with Gasteiger partial charge in [-0.15, -0.1) is 0 Å². The van der Waals surface area contributed by atoms with Crippen LogP contribution in [0.25, 0.3) is 12.2 Å². The molecule has 0 saturated carbocycles. The van der Waals surface area contributed by atoms with Crippen molar-refractivity contribution in [1.29, 1.82) is 0 Å². The summed E-state index contributed by atoms with van der Waals surface area (Å²) in [6.07, 6.45) is 4.13. The maximum Gasteiger partial charge on any atom is 0.266 e. The summed E-state index contributed by atoms with van der Waals surface area (Å²) in [5, 5.41) is 0.657. The molecule has 23 heavy (non-hydrogen) atoms. The minimum atomic E-state index is -0.667. The summed E-state index contributed by atoms with van der Waals surface area (Å²) < 4.78 is 4.51. The van der Waals surface area contributed by atoms with Gasteiger partial charge in [-0.1, -0.05) is 48.0 Å². The molecule has 1 amide bonds. The molecule has 3 rings (SSSR count). The average molecular weight is 345 g/mol. The molecule has 118 valence electrons. The Morgan fingerprint density at radius 3 is 2.52 bits per heavy atom. The van der Waals surface area contributed by atoms with Crippen molar-refractivity contribution < 1.29 is 4.79 Å². The highest BCUT2D eigenvalue weighted by atomic mass is 35.5. The van der Waals surface area contributed by atoms with Gasteiger partial charge in [-0.3, -0.25) is 4.79 Å². The number of benzene rings is 2. The Morgan fingerprint density at radius 1 is 1.09 bits per heavy atom. The molecule has 0 aromatic heterocycles. The molecular weight excluding hydrogens is 328 g/mol. The fraction of sp³-hybridized carbons (Fsp3) is 0.167. The van der Waals surface area contributed by atoms with Crippen LogP contribution in [-0.4, -0.2) is 31.4 Å². The van der Waals surface area contributed by atoms with E-state index in [0.29, 0.717) is 11.6 Å². The summed E-state index contributed by atoms with van der Waals surface area (Å²) in [6, 6.07) is 13.8. The first-order valence-corrected chi connectivity index (χ1v) is 8.81. The van der Waals surface area contributed by atoms with Gasteiger partial charge in [0.2, 0.25) is 0 Å². The smallest absolute Gasteiger partial charge is 0.266 e. The second-order valence-electron chi connectivity index (χ2n) is 5.56. The summed E-state index contributed by atoms with van der Waals surface area (Å²) in [5.41, 5.74) is 2.14. The van der Waals surface area contributed by atoms with Gasteiger partial charge in [-0.25, -0.2) is 0 Å². The van der Waals surface area contributed by atoms with Crippen LogP contribution in [0.5, 0.6) is 0 Å². The maximum absolute atomic E-state index is 12.3. The number of amides is 1. The molecule has 0 fully saturated rings. The standard InChI is InChI=1S/C18H17ClN2OS/c1-21(2)12-18(22)20-23-16-6-4-3-5-13(16)7-8-14-9-10-15(19)11-17(14)23/h3-11H,12H2,1-2H3. The van der Waals surface area contributed by atoms with E-state index < -0.39 is 10.7 Å². The summed E-state index contributed by atoms with van der Waals surface area (Å²) in [6.45, 7) is 0.301. The molecule has 1 heterocycles. The Labute approximate surface area is 143 Å². The number of halogens is 1. The van der Waals surface area contributed by atoms with Gasteiger partial charge in [0, 0.05) is 14.8 Å². The molecule has 0 radical (unpaired) electrons. The predicted octanol–water partition coefficient (Wildman–Crippen LogP) is 4.13. The molecular formula is C18H17ClN2OS. The van der Waals surface area contributed by atoms with Gasteiger partial charge in [0.15, 0.2) is 0 Å². The number of hydrogen-bond acceptors (Lipinski definition) is 2. The van der Waals surface area contributed by atoms with Crippen molar-refractivity contribution >= 4 is 40.4 Å². The van der Waals surface area contributed by atoms with Crippen LogP contribution in [0.4, 0.5) is 0 Å². The fourth-order valence-electron chi connectivity index (χ4n) is 2.41. The molecule has 0 bridgehead atoms. The van der Waals surface area contributed by atoms with E-state index >= 15 is 0 Å². The van der Waals surface area contributed by atoms with Crippen molar-refractivity contribution in [2.24, 2.45) is 4.36 Å². The zero-order valence-electron chi connectivity index (χ0n) is 13.0. The number of fused-ring (bicyclic) bond motifs is 2. The number of carbonyl (C=O) groups is 1. The number of likely N-dealkylation sites (N-methyl/N-ethyl adjacent to an activating group) is 1. The average Bonchev–Trinajstić information content (AvgIpc) is 2.65. The molecule has 0 aliphatic carbocycles. The lowest BCUT2D eigenvalue weighted by Crippen LogP contribution is -2.20. The molecule has 0 spiro atoms. The molecule has 1 aliphatic rings. The lowest BCUT2D eigenvalue weighted by atomic mass is 10.1. The monoisotopic (exact) mass is 344 g/mol. The first-order valence-electron chi connectivity index (χ1n) is 7.25. The van der Waals surface area contributed by atoms with Crippen molar-refractivity contribution in [2.45, 2.75) is 9.79 Å². The second-order valence-corrected chi connectivity index (χ2v) is 7.63. The van der Waals surface area contributed by atoms with Crippen LogP contribution >= 0.6 is 11.6 Å². The number of carbonyl (C=O) groups excluding carboxylic acids is 1. The van der Waals surface area contributed by atoms with Crippen molar-refractivity contribution in [2.75, 3.05) is 20.6 Å². The van der Waals surface area contributed by atoms with E-state index in [4.69, 9.17) is 11.6 Å². The van der Waals surface area contributed by atoms with Crippen LogP contribution in [0.1, 0.15) is 11.1 Å². The van der Waals surface area contributed by atoms with Crippen LogP contribution in [-0.2, 0) is 15.5 Å². The Balaban J connectivity index is 2.20. The third-order valence-corrected chi connectivity index (χ3v) is 5.58. The predicted molar refractivity (Wildman–Crippen MR) is 96.7 cm³/mol. The summed E-state index contributed by atoms with van der Waals surface area (Å²) in [7, 11) is 3.06. The Bertz CT molecular complexity index is 828. The topological polar surface area (TPSA) is 32.7 Å². The van der Waals surface area contributed by atoms with E-state index in [1.54, 1.807) is 0 Å². The molecule has 1 atom stereocenters. The first-order chi connectivity index (χ1) is 11.0. The SMILES string of the molecule is CN(C)CC(=O)/N=S1/c2ccccc2C=Cc2ccc(Cl)cc21. The minimum Gasteiger partial charge on any atom is -0.301 e. The number of hydrogen-bond donors (Lipinski definition) is 0. The number of rotatable bonds is 2. The van der Waals surface area contributed by atoms with E-state index in [2.05, 4.69) is 16.5 Å². The van der Waals surface area contributed by atoms with Gasteiger partial charge < -0.3 is 4.90 Å². The summed E-state index contributed by atoms with van der Waals surface area (Å²) >= 11 is 6.19. The molecule has 0 N–H and O–H groups in total. The van der Waals surface area contributed by atoms with Gasteiger partial charge in [0.1, 0.15) is 0 Å². The molecule has 1 unspecified atom stereocenters. The van der Waals surface area contributed by atoms with E-state index in [-0.39, 0.29) is 5.91 Å². The van der Waals surface area contributed by atoms with Gasteiger partial charge in [0.05, 0.1) is 6.54 Å².